The lowest BCUT2D eigenvalue weighted by Gasteiger charge is -2.14. The standard InChI is InChI=1S/C26H22BrNO6/c1-31-22-9-8-19(13-23(22)32-2)20(14-28)10-17-11-21(27)25(24(12-17)33-3)34-15-16-4-6-18(7-5-16)26(29)30/h4-13H,15H2,1-3H3,(H,29,30)/b20-10+. The van der Waals surface area contributed by atoms with Gasteiger partial charge in [-0.15, -0.1) is 0 Å². The highest BCUT2D eigenvalue weighted by molar-refractivity contribution is 9.10. The molecule has 0 saturated carbocycles. The molecule has 0 aromatic heterocycles. The number of carbonyl (C=O) groups is 1. The molecule has 0 atom stereocenters. The summed E-state index contributed by atoms with van der Waals surface area (Å²) < 4.78 is 22.7. The minimum absolute atomic E-state index is 0.210. The number of halogens is 1. The number of hydrogen-bond acceptors (Lipinski definition) is 6. The molecular weight excluding hydrogens is 502 g/mol. The molecule has 0 amide bonds. The van der Waals surface area contributed by atoms with Crippen LogP contribution in [0.4, 0.5) is 0 Å². The van der Waals surface area contributed by atoms with Crippen molar-refractivity contribution in [2.24, 2.45) is 0 Å². The molecule has 3 aromatic rings. The highest BCUT2D eigenvalue weighted by atomic mass is 79.9. The third kappa shape index (κ3) is 5.69. The van der Waals surface area contributed by atoms with E-state index in [9.17, 15) is 10.1 Å². The number of ether oxygens (including phenoxy) is 4. The Bertz CT molecular complexity index is 1260. The first-order chi connectivity index (χ1) is 16.4. The van der Waals surface area contributed by atoms with Crippen LogP contribution in [0.25, 0.3) is 11.6 Å². The van der Waals surface area contributed by atoms with E-state index in [0.717, 1.165) is 11.1 Å². The second kappa shape index (κ2) is 11.3. The van der Waals surface area contributed by atoms with Crippen molar-refractivity contribution in [1.29, 1.82) is 5.26 Å². The minimum Gasteiger partial charge on any atom is -0.493 e. The number of nitrogens with zero attached hydrogens (tertiary/aromatic N) is 1. The van der Waals surface area contributed by atoms with Crippen LogP contribution < -0.4 is 18.9 Å². The molecule has 0 heterocycles. The molecule has 0 unspecified atom stereocenters. The molecule has 0 saturated heterocycles. The smallest absolute Gasteiger partial charge is 0.335 e. The zero-order valence-corrected chi connectivity index (χ0v) is 20.4. The van der Waals surface area contributed by atoms with Crippen LogP contribution in [0, 0.1) is 11.3 Å². The monoisotopic (exact) mass is 523 g/mol. The van der Waals surface area contributed by atoms with E-state index in [1.54, 1.807) is 56.7 Å². The third-order valence-electron chi connectivity index (χ3n) is 4.96. The Hall–Kier alpha value is -3.96. The van der Waals surface area contributed by atoms with E-state index < -0.39 is 5.97 Å². The van der Waals surface area contributed by atoms with Gasteiger partial charge < -0.3 is 24.1 Å². The highest BCUT2D eigenvalue weighted by Gasteiger charge is 2.14. The Morgan fingerprint density at radius 3 is 2.18 bits per heavy atom. The van der Waals surface area contributed by atoms with Gasteiger partial charge in [-0.2, -0.15) is 5.26 Å². The molecule has 8 heteroatoms. The van der Waals surface area contributed by atoms with Gasteiger partial charge in [0.15, 0.2) is 23.0 Å². The third-order valence-corrected chi connectivity index (χ3v) is 5.55. The summed E-state index contributed by atoms with van der Waals surface area (Å²) in [5.41, 5.74) is 2.86. The molecule has 0 aliphatic heterocycles. The van der Waals surface area contributed by atoms with Gasteiger partial charge in [-0.05, 0) is 81.2 Å². The number of carboxylic acid groups (broad SMARTS) is 1. The second-order valence-electron chi connectivity index (χ2n) is 7.06. The lowest BCUT2D eigenvalue weighted by Crippen LogP contribution is -2.01. The van der Waals surface area contributed by atoms with E-state index in [1.165, 1.54) is 19.2 Å². The number of methoxy groups -OCH3 is 3. The van der Waals surface area contributed by atoms with Crippen molar-refractivity contribution in [2.45, 2.75) is 6.61 Å². The minimum atomic E-state index is -0.981. The summed E-state index contributed by atoms with van der Waals surface area (Å²) in [5, 5.41) is 18.8. The van der Waals surface area contributed by atoms with Crippen molar-refractivity contribution in [2.75, 3.05) is 21.3 Å². The van der Waals surface area contributed by atoms with E-state index in [1.807, 2.05) is 6.07 Å². The van der Waals surface area contributed by atoms with Crippen LogP contribution in [0.2, 0.25) is 0 Å². The van der Waals surface area contributed by atoms with Crippen LogP contribution in [-0.4, -0.2) is 32.4 Å². The number of rotatable bonds is 9. The normalized spacial score (nSPS) is 10.9. The lowest BCUT2D eigenvalue weighted by molar-refractivity contribution is 0.0697. The fourth-order valence-corrected chi connectivity index (χ4v) is 3.79. The molecule has 0 spiro atoms. The van der Waals surface area contributed by atoms with Crippen LogP contribution in [0.5, 0.6) is 23.0 Å². The topological polar surface area (TPSA) is 98.0 Å². The first-order valence-electron chi connectivity index (χ1n) is 10.1. The van der Waals surface area contributed by atoms with Gasteiger partial charge in [0.05, 0.1) is 43.0 Å². The average Bonchev–Trinajstić information content (AvgIpc) is 2.86. The predicted octanol–water partition coefficient (Wildman–Crippen LogP) is 5.82. The molecular formula is C26H22BrNO6. The van der Waals surface area contributed by atoms with E-state index in [4.69, 9.17) is 24.1 Å². The fourth-order valence-electron chi connectivity index (χ4n) is 3.21. The molecule has 0 aliphatic rings. The van der Waals surface area contributed by atoms with Crippen LogP contribution in [0.15, 0.2) is 59.1 Å². The Kier molecular flexibility index (Phi) is 8.17. The van der Waals surface area contributed by atoms with Gasteiger partial charge in [-0.3, -0.25) is 0 Å². The number of hydrogen-bond donors (Lipinski definition) is 1. The van der Waals surface area contributed by atoms with Crippen molar-refractivity contribution < 1.29 is 28.8 Å². The maximum absolute atomic E-state index is 11.0. The van der Waals surface area contributed by atoms with Crippen LogP contribution in [0.1, 0.15) is 27.0 Å². The van der Waals surface area contributed by atoms with Gasteiger partial charge in [-0.1, -0.05) is 12.1 Å². The van der Waals surface area contributed by atoms with Gasteiger partial charge in [0.25, 0.3) is 0 Å². The Morgan fingerprint density at radius 2 is 1.59 bits per heavy atom. The number of benzene rings is 3. The van der Waals surface area contributed by atoms with E-state index >= 15 is 0 Å². The van der Waals surface area contributed by atoms with Gasteiger partial charge in [-0.25, -0.2) is 4.79 Å². The van der Waals surface area contributed by atoms with Crippen molar-refractivity contribution >= 4 is 33.5 Å². The summed E-state index contributed by atoms with van der Waals surface area (Å²) in [7, 11) is 4.62. The zero-order valence-electron chi connectivity index (χ0n) is 18.8. The summed E-state index contributed by atoms with van der Waals surface area (Å²) in [5.74, 6) is 1.09. The molecule has 0 aliphatic carbocycles. The molecule has 3 aromatic carbocycles. The molecule has 0 radical (unpaired) electrons. The summed E-state index contributed by atoms with van der Waals surface area (Å²) in [4.78, 5) is 11.0. The maximum atomic E-state index is 11.0. The molecule has 0 fully saturated rings. The Morgan fingerprint density at radius 1 is 0.941 bits per heavy atom. The first kappa shape index (κ1) is 24.7. The molecule has 3 rings (SSSR count). The van der Waals surface area contributed by atoms with Gasteiger partial charge in [0.2, 0.25) is 0 Å². The number of nitriles is 1. The zero-order chi connectivity index (χ0) is 24.7. The Balaban J connectivity index is 1.87. The van der Waals surface area contributed by atoms with Crippen LogP contribution >= 0.6 is 15.9 Å². The summed E-state index contributed by atoms with van der Waals surface area (Å²) >= 11 is 3.52. The highest BCUT2D eigenvalue weighted by Crippen LogP contribution is 2.38. The van der Waals surface area contributed by atoms with E-state index in [0.29, 0.717) is 38.6 Å². The van der Waals surface area contributed by atoms with Gasteiger partial charge in [0, 0.05) is 0 Å². The molecule has 1 N–H and O–H groups in total. The van der Waals surface area contributed by atoms with E-state index in [-0.39, 0.29) is 12.2 Å². The first-order valence-corrected chi connectivity index (χ1v) is 10.9. The summed E-state index contributed by atoms with van der Waals surface area (Å²) in [6.45, 7) is 0.221. The van der Waals surface area contributed by atoms with Gasteiger partial charge in [0.1, 0.15) is 6.61 Å². The largest absolute Gasteiger partial charge is 0.493 e. The molecule has 34 heavy (non-hydrogen) atoms. The molecule has 0 bridgehead atoms. The summed E-state index contributed by atoms with van der Waals surface area (Å²) in [6, 6.07) is 17.5. The fraction of sp³-hybridized carbons (Fsp3) is 0.154. The van der Waals surface area contributed by atoms with Crippen LogP contribution in [0.3, 0.4) is 0 Å². The van der Waals surface area contributed by atoms with Gasteiger partial charge >= 0.3 is 5.97 Å². The second-order valence-corrected chi connectivity index (χ2v) is 7.92. The quantitative estimate of drug-likeness (QED) is 0.278. The molecule has 174 valence electrons. The van der Waals surface area contributed by atoms with Crippen molar-refractivity contribution in [1.82, 2.24) is 0 Å². The van der Waals surface area contributed by atoms with Crippen LogP contribution in [-0.2, 0) is 6.61 Å². The maximum Gasteiger partial charge on any atom is 0.335 e. The average molecular weight is 524 g/mol. The van der Waals surface area contributed by atoms with Crippen molar-refractivity contribution in [3.63, 3.8) is 0 Å². The SMILES string of the molecule is COc1ccc(/C(C#N)=C/c2cc(Br)c(OCc3ccc(C(=O)O)cc3)c(OC)c2)cc1OC. The predicted molar refractivity (Wildman–Crippen MR) is 131 cm³/mol. The number of carboxylic acids is 1. The van der Waals surface area contributed by atoms with Crippen molar-refractivity contribution in [3.05, 3.63) is 81.3 Å². The lowest BCUT2D eigenvalue weighted by atomic mass is 10.0. The van der Waals surface area contributed by atoms with Crippen molar-refractivity contribution in [3.8, 4) is 29.1 Å². The van der Waals surface area contributed by atoms with E-state index in [2.05, 4.69) is 22.0 Å². The molecule has 7 nitrogen and oxygen atoms in total. The number of allylic oxidation sites excluding steroid dienone is 1. The Labute approximate surface area is 205 Å². The number of aromatic carboxylic acids is 1. The summed E-state index contributed by atoms with van der Waals surface area (Å²) in [6.07, 6.45) is 1.74.